The molecule has 1 aromatic heterocycles. The van der Waals surface area contributed by atoms with Crippen LogP contribution in [0.25, 0.3) is 11.0 Å². The minimum atomic E-state index is 0.226. The van der Waals surface area contributed by atoms with Crippen molar-refractivity contribution in [2.75, 3.05) is 7.05 Å². The molecule has 4 heteroatoms. The highest BCUT2D eigenvalue weighted by Crippen LogP contribution is 2.23. The van der Waals surface area contributed by atoms with E-state index in [1.807, 2.05) is 31.3 Å². The van der Waals surface area contributed by atoms with Gasteiger partial charge in [-0.3, -0.25) is 0 Å². The van der Waals surface area contributed by atoms with Gasteiger partial charge < -0.3 is 15.0 Å². The molecule has 2 aromatic rings. The standard InChI is InChI=1S/C14H19N3O/c1-15-12-8-4-5-9-13(12)18-14-16-10-6-2-3-7-11(10)17-14/h2-3,6-7,12-13,15H,4-5,8-9H2,1H3,(H,16,17). The van der Waals surface area contributed by atoms with Gasteiger partial charge in [0.1, 0.15) is 6.10 Å². The molecule has 96 valence electrons. The van der Waals surface area contributed by atoms with E-state index in [1.165, 1.54) is 19.3 Å². The number of aromatic nitrogens is 2. The van der Waals surface area contributed by atoms with Crippen LogP contribution in [0.4, 0.5) is 0 Å². The molecule has 0 spiro atoms. The molecule has 0 aliphatic heterocycles. The number of rotatable bonds is 3. The number of aromatic amines is 1. The zero-order valence-corrected chi connectivity index (χ0v) is 10.6. The van der Waals surface area contributed by atoms with Crippen LogP contribution in [0.5, 0.6) is 6.01 Å². The topological polar surface area (TPSA) is 49.9 Å². The second-order valence-corrected chi connectivity index (χ2v) is 4.90. The van der Waals surface area contributed by atoms with E-state index >= 15 is 0 Å². The average Bonchev–Trinajstić information content (AvgIpc) is 2.81. The van der Waals surface area contributed by atoms with E-state index in [0.29, 0.717) is 12.1 Å². The Balaban J connectivity index is 1.78. The maximum Gasteiger partial charge on any atom is 0.294 e. The molecule has 1 aromatic carbocycles. The first kappa shape index (κ1) is 11.5. The highest BCUT2D eigenvalue weighted by atomic mass is 16.5. The lowest BCUT2D eigenvalue weighted by Crippen LogP contribution is -2.43. The van der Waals surface area contributed by atoms with Gasteiger partial charge >= 0.3 is 0 Å². The minimum Gasteiger partial charge on any atom is -0.460 e. The van der Waals surface area contributed by atoms with Crippen LogP contribution in [-0.4, -0.2) is 29.2 Å². The third kappa shape index (κ3) is 2.20. The van der Waals surface area contributed by atoms with E-state index in [-0.39, 0.29) is 6.10 Å². The molecular formula is C14H19N3O. The molecule has 3 rings (SSSR count). The zero-order chi connectivity index (χ0) is 12.4. The molecule has 2 atom stereocenters. The number of hydrogen-bond acceptors (Lipinski definition) is 3. The Bertz CT molecular complexity index is 489. The number of H-pyrrole nitrogens is 1. The van der Waals surface area contributed by atoms with Crippen molar-refractivity contribution >= 4 is 11.0 Å². The Morgan fingerprint density at radius 1 is 1.28 bits per heavy atom. The summed E-state index contributed by atoms with van der Waals surface area (Å²) in [5.41, 5.74) is 1.99. The van der Waals surface area contributed by atoms with E-state index in [1.54, 1.807) is 0 Å². The number of hydrogen-bond donors (Lipinski definition) is 2. The maximum atomic E-state index is 6.01. The molecule has 1 aliphatic rings. The lowest BCUT2D eigenvalue weighted by atomic mass is 9.92. The van der Waals surface area contributed by atoms with Gasteiger partial charge in [0.2, 0.25) is 0 Å². The number of ether oxygens (including phenoxy) is 1. The molecule has 4 nitrogen and oxygen atoms in total. The van der Waals surface area contributed by atoms with Crippen LogP contribution >= 0.6 is 0 Å². The highest BCUT2D eigenvalue weighted by Gasteiger charge is 2.26. The second-order valence-electron chi connectivity index (χ2n) is 4.90. The summed E-state index contributed by atoms with van der Waals surface area (Å²) in [6.45, 7) is 0. The first-order valence-electron chi connectivity index (χ1n) is 6.65. The van der Waals surface area contributed by atoms with E-state index in [4.69, 9.17) is 4.74 Å². The number of imidazole rings is 1. The van der Waals surface area contributed by atoms with Crippen molar-refractivity contribution in [3.05, 3.63) is 24.3 Å². The van der Waals surface area contributed by atoms with Crippen LogP contribution < -0.4 is 10.1 Å². The smallest absolute Gasteiger partial charge is 0.294 e. The summed E-state index contributed by atoms with van der Waals surface area (Å²) in [5.74, 6) is 0. The Kier molecular flexibility index (Phi) is 3.19. The van der Waals surface area contributed by atoms with Gasteiger partial charge in [-0.05, 0) is 38.4 Å². The highest BCUT2D eigenvalue weighted by molar-refractivity contribution is 5.75. The molecule has 0 amide bonds. The SMILES string of the molecule is CNC1CCCCC1Oc1nc2ccccc2[nH]1. The predicted octanol–water partition coefficient (Wildman–Crippen LogP) is 2.47. The molecule has 1 saturated carbocycles. The summed E-state index contributed by atoms with van der Waals surface area (Å²) in [6, 6.07) is 9.08. The van der Waals surface area contributed by atoms with Crippen molar-refractivity contribution in [3.8, 4) is 6.01 Å². The quantitative estimate of drug-likeness (QED) is 0.873. The molecule has 0 bridgehead atoms. The normalized spacial score (nSPS) is 24.3. The van der Waals surface area contributed by atoms with Gasteiger partial charge in [-0.25, -0.2) is 0 Å². The number of nitrogens with zero attached hydrogens (tertiary/aromatic N) is 1. The van der Waals surface area contributed by atoms with Crippen LogP contribution in [0.2, 0.25) is 0 Å². The van der Waals surface area contributed by atoms with Gasteiger partial charge in [-0.2, -0.15) is 4.98 Å². The lowest BCUT2D eigenvalue weighted by molar-refractivity contribution is 0.109. The van der Waals surface area contributed by atoms with Crippen molar-refractivity contribution in [1.82, 2.24) is 15.3 Å². The van der Waals surface area contributed by atoms with Crippen molar-refractivity contribution in [3.63, 3.8) is 0 Å². The summed E-state index contributed by atoms with van der Waals surface area (Å²) >= 11 is 0. The maximum absolute atomic E-state index is 6.01. The van der Waals surface area contributed by atoms with E-state index in [2.05, 4.69) is 15.3 Å². The molecule has 1 heterocycles. The summed E-state index contributed by atoms with van der Waals surface area (Å²) in [4.78, 5) is 7.70. The van der Waals surface area contributed by atoms with Gasteiger partial charge in [0.15, 0.2) is 0 Å². The van der Waals surface area contributed by atoms with E-state index < -0.39 is 0 Å². The van der Waals surface area contributed by atoms with Gasteiger partial charge in [-0.15, -0.1) is 0 Å². The van der Waals surface area contributed by atoms with Crippen molar-refractivity contribution < 1.29 is 4.74 Å². The van der Waals surface area contributed by atoms with Crippen molar-refractivity contribution in [2.24, 2.45) is 0 Å². The van der Waals surface area contributed by atoms with Gasteiger partial charge in [0.05, 0.1) is 11.0 Å². The van der Waals surface area contributed by atoms with Gasteiger partial charge in [-0.1, -0.05) is 18.6 Å². The summed E-state index contributed by atoms with van der Waals surface area (Å²) < 4.78 is 6.01. The predicted molar refractivity (Wildman–Crippen MR) is 71.8 cm³/mol. The molecule has 1 fully saturated rings. The van der Waals surface area contributed by atoms with Crippen molar-refractivity contribution in [1.29, 1.82) is 0 Å². The third-order valence-corrected chi connectivity index (χ3v) is 3.70. The van der Waals surface area contributed by atoms with Crippen molar-refractivity contribution in [2.45, 2.75) is 37.8 Å². The van der Waals surface area contributed by atoms with Crippen LogP contribution in [0.15, 0.2) is 24.3 Å². The fourth-order valence-electron chi connectivity index (χ4n) is 2.70. The Hall–Kier alpha value is -1.55. The molecule has 18 heavy (non-hydrogen) atoms. The van der Waals surface area contributed by atoms with E-state index in [0.717, 1.165) is 17.5 Å². The second kappa shape index (κ2) is 4.98. The van der Waals surface area contributed by atoms with Gasteiger partial charge in [0.25, 0.3) is 6.01 Å². The molecule has 2 N–H and O–H groups in total. The monoisotopic (exact) mass is 245 g/mol. The van der Waals surface area contributed by atoms with Gasteiger partial charge in [0, 0.05) is 6.04 Å². The first-order chi connectivity index (χ1) is 8.86. The Morgan fingerprint density at radius 3 is 2.94 bits per heavy atom. The molecule has 1 aliphatic carbocycles. The molecule has 0 radical (unpaired) electrons. The Morgan fingerprint density at radius 2 is 2.11 bits per heavy atom. The number of benzene rings is 1. The van der Waals surface area contributed by atoms with Crippen LogP contribution in [0.3, 0.4) is 0 Å². The largest absolute Gasteiger partial charge is 0.460 e. The summed E-state index contributed by atoms with van der Waals surface area (Å²) in [7, 11) is 2.00. The average molecular weight is 245 g/mol. The number of nitrogens with one attached hydrogen (secondary N) is 2. The number of likely N-dealkylation sites (N-methyl/N-ethyl adjacent to an activating group) is 1. The summed E-state index contributed by atoms with van der Waals surface area (Å²) in [5, 5.41) is 3.34. The fourth-order valence-corrected chi connectivity index (χ4v) is 2.70. The van der Waals surface area contributed by atoms with Crippen LogP contribution in [0, 0.1) is 0 Å². The van der Waals surface area contributed by atoms with E-state index in [9.17, 15) is 0 Å². The van der Waals surface area contributed by atoms with Crippen LogP contribution in [-0.2, 0) is 0 Å². The summed E-state index contributed by atoms with van der Waals surface area (Å²) in [6.07, 6.45) is 5.03. The lowest BCUT2D eigenvalue weighted by Gasteiger charge is -2.30. The zero-order valence-electron chi connectivity index (χ0n) is 10.6. The first-order valence-corrected chi connectivity index (χ1v) is 6.65. The molecule has 0 saturated heterocycles. The number of fused-ring (bicyclic) bond motifs is 1. The molecule has 2 unspecified atom stereocenters. The third-order valence-electron chi connectivity index (χ3n) is 3.70. The minimum absolute atomic E-state index is 0.226. The van der Waals surface area contributed by atoms with Crippen LogP contribution in [0.1, 0.15) is 25.7 Å². The Labute approximate surface area is 107 Å². The number of para-hydroxylation sites is 2. The fraction of sp³-hybridized carbons (Fsp3) is 0.500. The molecular weight excluding hydrogens is 226 g/mol.